The lowest BCUT2D eigenvalue weighted by Gasteiger charge is -2.10. The Hall–Kier alpha value is -0.800. The topological polar surface area (TPSA) is 21.3 Å². The summed E-state index contributed by atoms with van der Waals surface area (Å²) in [4.78, 5) is 0. The Labute approximate surface area is 119 Å². The molecule has 1 aromatic rings. The van der Waals surface area contributed by atoms with Crippen molar-refractivity contribution < 1.29 is 4.74 Å². The number of ether oxygens (including phenoxy) is 1. The molecule has 0 aliphatic heterocycles. The first-order chi connectivity index (χ1) is 8.65. The third-order valence-electron chi connectivity index (χ3n) is 2.84. The van der Waals surface area contributed by atoms with Crippen LogP contribution in [0.4, 0.5) is 0 Å². The number of unbranched alkanes of at least 4 members (excludes halogenated alkanes) is 1. The van der Waals surface area contributed by atoms with Crippen LogP contribution < -0.4 is 10.1 Å². The lowest BCUT2D eigenvalue weighted by Crippen LogP contribution is -2.15. The smallest absolute Gasteiger partial charge is 0.133 e. The Morgan fingerprint density at radius 3 is 2.72 bits per heavy atom. The first kappa shape index (κ1) is 15.3. The zero-order valence-corrected chi connectivity index (χ0v) is 12.8. The van der Waals surface area contributed by atoms with E-state index in [0.717, 1.165) is 42.8 Å². The van der Waals surface area contributed by atoms with Crippen molar-refractivity contribution in [3.8, 4) is 5.75 Å². The van der Waals surface area contributed by atoms with E-state index in [9.17, 15) is 0 Å². The number of rotatable bonds is 8. The fourth-order valence-corrected chi connectivity index (χ4v) is 2.18. The molecule has 2 nitrogen and oxygen atoms in total. The highest BCUT2D eigenvalue weighted by Crippen LogP contribution is 2.28. The lowest BCUT2D eigenvalue weighted by molar-refractivity contribution is 0.304. The summed E-state index contributed by atoms with van der Waals surface area (Å²) in [5.41, 5.74) is 2.55. The molecule has 0 amide bonds. The van der Waals surface area contributed by atoms with Crippen molar-refractivity contribution >= 4 is 15.9 Å². The van der Waals surface area contributed by atoms with Crippen molar-refractivity contribution in [3.05, 3.63) is 40.4 Å². The van der Waals surface area contributed by atoms with Crippen LogP contribution >= 0.6 is 15.9 Å². The predicted octanol–water partition coefficient (Wildman–Crippen LogP) is 4.00. The SMILES string of the molecule is C=CCNCCCCOc1cc(C)c(C)cc1Br. The van der Waals surface area contributed by atoms with Crippen LogP contribution in [0, 0.1) is 13.8 Å². The number of nitrogens with one attached hydrogen (secondary N) is 1. The van der Waals surface area contributed by atoms with Gasteiger partial charge in [-0.1, -0.05) is 6.08 Å². The molecule has 0 bridgehead atoms. The van der Waals surface area contributed by atoms with E-state index in [1.54, 1.807) is 0 Å². The van der Waals surface area contributed by atoms with Crippen molar-refractivity contribution in [2.24, 2.45) is 0 Å². The highest BCUT2D eigenvalue weighted by Gasteiger charge is 2.03. The van der Waals surface area contributed by atoms with E-state index in [1.807, 2.05) is 6.08 Å². The van der Waals surface area contributed by atoms with Crippen LogP contribution in [0.3, 0.4) is 0 Å². The number of halogens is 1. The molecule has 0 aliphatic carbocycles. The summed E-state index contributed by atoms with van der Waals surface area (Å²) in [5.74, 6) is 0.942. The van der Waals surface area contributed by atoms with E-state index < -0.39 is 0 Å². The maximum atomic E-state index is 5.78. The Morgan fingerprint density at radius 2 is 2.00 bits per heavy atom. The quantitative estimate of drug-likeness (QED) is 0.579. The molecule has 0 fully saturated rings. The summed E-state index contributed by atoms with van der Waals surface area (Å²) in [6.07, 6.45) is 4.06. The zero-order chi connectivity index (χ0) is 13.4. The number of aryl methyl sites for hydroxylation is 2. The van der Waals surface area contributed by atoms with Gasteiger partial charge in [-0.15, -0.1) is 6.58 Å². The molecule has 0 spiro atoms. The molecule has 3 heteroatoms. The third kappa shape index (κ3) is 5.23. The van der Waals surface area contributed by atoms with Crippen LogP contribution in [-0.4, -0.2) is 19.7 Å². The molecular formula is C15H22BrNO. The van der Waals surface area contributed by atoms with Gasteiger partial charge in [0.05, 0.1) is 11.1 Å². The van der Waals surface area contributed by atoms with E-state index >= 15 is 0 Å². The minimum Gasteiger partial charge on any atom is -0.492 e. The van der Waals surface area contributed by atoms with E-state index in [4.69, 9.17) is 4.74 Å². The monoisotopic (exact) mass is 311 g/mol. The molecule has 1 rings (SSSR count). The summed E-state index contributed by atoms with van der Waals surface area (Å²) in [6.45, 7) is 10.5. The first-order valence-electron chi connectivity index (χ1n) is 6.36. The lowest BCUT2D eigenvalue weighted by atomic mass is 10.1. The molecule has 1 N–H and O–H groups in total. The molecule has 1 aromatic carbocycles. The second kappa shape index (κ2) is 8.33. The van der Waals surface area contributed by atoms with Crippen molar-refractivity contribution in [1.29, 1.82) is 0 Å². The fraction of sp³-hybridized carbons (Fsp3) is 0.467. The largest absolute Gasteiger partial charge is 0.492 e. The van der Waals surface area contributed by atoms with Crippen LogP contribution in [0.2, 0.25) is 0 Å². The Kier molecular flexibility index (Phi) is 7.06. The minimum atomic E-state index is 0.761. The second-order valence-electron chi connectivity index (χ2n) is 4.42. The molecule has 0 heterocycles. The van der Waals surface area contributed by atoms with Gasteiger partial charge in [-0.2, -0.15) is 0 Å². The molecule has 0 saturated carbocycles. The molecule has 0 aromatic heterocycles. The summed E-state index contributed by atoms with van der Waals surface area (Å²) < 4.78 is 6.82. The van der Waals surface area contributed by atoms with Crippen molar-refractivity contribution in [1.82, 2.24) is 5.32 Å². The predicted molar refractivity (Wildman–Crippen MR) is 81.4 cm³/mol. The van der Waals surface area contributed by atoms with Crippen LogP contribution in [0.5, 0.6) is 5.75 Å². The summed E-state index contributed by atoms with van der Waals surface area (Å²) in [7, 11) is 0. The Morgan fingerprint density at radius 1 is 1.28 bits per heavy atom. The van der Waals surface area contributed by atoms with Gasteiger partial charge in [-0.05, 0) is 72.4 Å². The van der Waals surface area contributed by atoms with Gasteiger partial charge >= 0.3 is 0 Å². The average molecular weight is 312 g/mol. The molecule has 0 unspecified atom stereocenters. The summed E-state index contributed by atoms with van der Waals surface area (Å²) in [6, 6.07) is 4.20. The molecule has 0 saturated heterocycles. The first-order valence-corrected chi connectivity index (χ1v) is 7.15. The van der Waals surface area contributed by atoms with Gasteiger partial charge in [-0.25, -0.2) is 0 Å². The average Bonchev–Trinajstić information content (AvgIpc) is 2.34. The van der Waals surface area contributed by atoms with Gasteiger partial charge in [0, 0.05) is 6.54 Å². The van der Waals surface area contributed by atoms with Crippen molar-refractivity contribution in [3.63, 3.8) is 0 Å². The van der Waals surface area contributed by atoms with E-state index in [-0.39, 0.29) is 0 Å². The van der Waals surface area contributed by atoms with Gasteiger partial charge < -0.3 is 10.1 Å². The van der Waals surface area contributed by atoms with E-state index in [2.05, 4.69) is 53.8 Å². The summed E-state index contributed by atoms with van der Waals surface area (Å²) in [5, 5.41) is 3.28. The third-order valence-corrected chi connectivity index (χ3v) is 3.46. The zero-order valence-electron chi connectivity index (χ0n) is 11.3. The van der Waals surface area contributed by atoms with Gasteiger partial charge in [-0.3, -0.25) is 0 Å². The molecule has 0 aliphatic rings. The molecule has 100 valence electrons. The van der Waals surface area contributed by atoms with Crippen molar-refractivity contribution in [2.75, 3.05) is 19.7 Å². The molecule has 0 radical (unpaired) electrons. The van der Waals surface area contributed by atoms with E-state index in [0.29, 0.717) is 0 Å². The van der Waals surface area contributed by atoms with Gasteiger partial charge in [0.2, 0.25) is 0 Å². The standard InChI is InChI=1S/C15H22BrNO/c1-4-7-17-8-5-6-9-18-15-11-13(3)12(2)10-14(15)16/h4,10-11,17H,1,5-9H2,2-3H3. The molecule has 0 atom stereocenters. The Balaban J connectivity index is 2.27. The molecule has 18 heavy (non-hydrogen) atoms. The highest BCUT2D eigenvalue weighted by molar-refractivity contribution is 9.10. The maximum Gasteiger partial charge on any atom is 0.133 e. The Bertz CT molecular complexity index is 390. The number of hydrogen-bond acceptors (Lipinski definition) is 2. The maximum absolute atomic E-state index is 5.78. The van der Waals surface area contributed by atoms with Gasteiger partial charge in [0.25, 0.3) is 0 Å². The minimum absolute atomic E-state index is 0.761. The van der Waals surface area contributed by atoms with Crippen LogP contribution in [0.15, 0.2) is 29.3 Å². The van der Waals surface area contributed by atoms with Crippen molar-refractivity contribution in [2.45, 2.75) is 26.7 Å². The normalized spacial score (nSPS) is 10.4. The summed E-state index contributed by atoms with van der Waals surface area (Å²) >= 11 is 3.54. The van der Waals surface area contributed by atoms with Crippen LogP contribution in [0.1, 0.15) is 24.0 Å². The number of hydrogen-bond donors (Lipinski definition) is 1. The van der Waals surface area contributed by atoms with Gasteiger partial charge in [0.1, 0.15) is 5.75 Å². The van der Waals surface area contributed by atoms with E-state index in [1.165, 1.54) is 11.1 Å². The molecular weight excluding hydrogens is 290 g/mol. The van der Waals surface area contributed by atoms with Crippen LogP contribution in [0.25, 0.3) is 0 Å². The number of benzene rings is 1. The second-order valence-corrected chi connectivity index (χ2v) is 5.27. The van der Waals surface area contributed by atoms with Crippen LogP contribution in [-0.2, 0) is 0 Å². The fourth-order valence-electron chi connectivity index (χ4n) is 1.60. The van der Waals surface area contributed by atoms with Gasteiger partial charge in [0.15, 0.2) is 0 Å². The highest BCUT2D eigenvalue weighted by atomic mass is 79.9.